The molecule has 1 unspecified atom stereocenters. The summed E-state index contributed by atoms with van der Waals surface area (Å²) < 4.78 is 16.8. The Morgan fingerprint density at radius 2 is 0.603 bits per heavy atom. The normalized spacial score (nSPS) is 12.7. The van der Waals surface area contributed by atoms with Gasteiger partial charge in [-0.2, -0.15) is 0 Å². The Hall–Kier alpha value is -3.41. The lowest BCUT2D eigenvalue weighted by molar-refractivity contribution is -0.166. The van der Waals surface area contributed by atoms with Crippen molar-refractivity contribution in [1.82, 2.24) is 0 Å². The van der Waals surface area contributed by atoms with Gasteiger partial charge in [0.25, 0.3) is 0 Å². The average Bonchev–Trinajstić information content (AvgIpc) is 3.34. The van der Waals surface area contributed by atoms with E-state index in [0.29, 0.717) is 19.3 Å². The van der Waals surface area contributed by atoms with Crippen molar-refractivity contribution in [2.45, 2.75) is 277 Å². The lowest BCUT2D eigenvalue weighted by Gasteiger charge is -2.18. The van der Waals surface area contributed by atoms with Crippen molar-refractivity contribution in [1.29, 1.82) is 0 Å². The van der Waals surface area contributed by atoms with Gasteiger partial charge in [-0.3, -0.25) is 14.4 Å². The van der Waals surface area contributed by atoms with Crippen LogP contribution in [-0.2, 0) is 28.6 Å². The summed E-state index contributed by atoms with van der Waals surface area (Å²) in [6, 6.07) is 0. The number of hydrogen-bond donors (Lipinski definition) is 0. The summed E-state index contributed by atoms with van der Waals surface area (Å²) in [5.41, 5.74) is 0. The fourth-order valence-electron chi connectivity index (χ4n) is 7.83. The van der Waals surface area contributed by atoms with Gasteiger partial charge in [0.1, 0.15) is 13.2 Å². The highest BCUT2D eigenvalue weighted by atomic mass is 16.6. The maximum Gasteiger partial charge on any atom is 0.306 e. The lowest BCUT2D eigenvalue weighted by atomic mass is 10.0. The minimum absolute atomic E-state index is 0.103. The summed E-state index contributed by atoms with van der Waals surface area (Å²) >= 11 is 0. The maximum atomic E-state index is 12.8. The molecule has 0 aliphatic heterocycles. The Balaban J connectivity index is 4.36. The minimum atomic E-state index is -0.810. The molecule has 0 aromatic rings. The van der Waals surface area contributed by atoms with Crippen molar-refractivity contribution in [3.63, 3.8) is 0 Å². The van der Waals surface area contributed by atoms with Crippen molar-refractivity contribution in [2.75, 3.05) is 13.2 Å². The first-order chi connectivity index (χ1) is 33.5. The van der Waals surface area contributed by atoms with Gasteiger partial charge in [-0.25, -0.2) is 0 Å². The third-order valence-electron chi connectivity index (χ3n) is 12.1. The number of esters is 3. The molecule has 390 valence electrons. The van der Waals surface area contributed by atoms with Gasteiger partial charge in [0.05, 0.1) is 0 Å². The van der Waals surface area contributed by atoms with Gasteiger partial charge in [-0.15, -0.1) is 0 Å². The second-order valence-corrected chi connectivity index (χ2v) is 18.8. The van der Waals surface area contributed by atoms with Gasteiger partial charge in [0, 0.05) is 19.3 Å². The summed E-state index contributed by atoms with van der Waals surface area (Å²) in [6.07, 6.45) is 73.1. The zero-order valence-electron chi connectivity index (χ0n) is 44.6. The van der Waals surface area contributed by atoms with Gasteiger partial charge in [0.2, 0.25) is 0 Å². The van der Waals surface area contributed by atoms with Crippen LogP contribution in [0.3, 0.4) is 0 Å². The van der Waals surface area contributed by atoms with Gasteiger partial charge < -0.3 is 14.2 Å². The van der Waals surface area contributed by atoms with E-state index >= 15 is 0 Å². The van der Waals surface area contributed by atoms with Gasteiger partial charge in [-0.05, 0) is 103 Å². The second-order valence-electron chi connectivity index (χ2n) is 18.8. The topological polar surface area (TPSA) is 78.9 Å². The van der Waals surface area contributed by atoms with E-state index in [2.05, 4.69) is 99.8 Å². The van der Waals surface area contributed by atoms with Crippen molar-refractivity contribution in [3.8, 4) is 0 Å². The van der Waals surface area contributed by atoms with E-state index in [1.807, 2.05) is 6.08 Å². The predicted octanol–water partition coefficient (Wildman–Crippen LogP) is 19.2. The van der Waals surface area contributed by atoms with E-state index < -0.39 is 6.10 Å². The maximum absolute atomic E-state index is 12.8. The third-order valence-corrected chi connectivity index (χ3v) is 12.1. The molecule has 0 N–H and O–H groups in total. The van der Waals surface area contributed by atoms with Crippen molar-refractivity contribution in [2.24, 2.45) is 0 Å². The Bertz CT molecular complexity index is 1320. The zero-order chi connectivity index (χ0) is 49.3. The largest absolute Gasteiger partial charge is 0.462 e. The molecule has 0 amide bonds. The molecule has 0 rings (SSSR count). The minimum Gasteiger partial charge on any atom is -0.462 e. The van der Waals surface area contributed by atoms with Crippen LogP contribution < -0.4 is 0 Å². The summed E-state index contributed by atoms with van der Waals surface area (Å²) in [4.78, 5) is 38.0. The van der Waals surface area contributed by atoms with Crippen LogP contribution >= 0.6 is 0 Å². The first-order valence-corrected chi connectivity index (χ1v) is 28.6. The number of allylic oxidation sites excluding steroid dienone is 14. The Morgan fingerprint density at radius 3 is 1.00 bits per heavy atom. The smallest absolute Gasteiger partial charge is 0.306 e. The molecule has 0 saturated carbocycles. The van der Waals surface area contributed by atoms with Crippen molar-refractivity contribution >= 4 is 17.9 Å². The Labute approximate surface area is 420 Å². The van der Waals surface area contributed by atoms with E-state index in [1.54, 1.807) is 0 Å². The highest BCUT2D eigenvalue weighted by Gasteiger charge is 2.19. The lowest BCUT2D eigenvalue weighted by Crippen LogP contribution is -2.30. The van der Waals surface area contributed by atoms with E-state index in [4.69, 9.17) is 14.2 Å². The van der Waals surface area contributed by atoms with Gasteiger partial charge >= 0.3 is 17.9 Å². The number of ether oxygens (including phenoxy) is 3. The van der Waals surface area contributed by atoms with Crippen LogP contribution in [-0.4, -0.2) is 37.2 Å². The fourth-order valence-corrected chi connectivity index (χ4v) is 7.83. The standard InChI is InChI=1S/C62H106O6/c1-4-7-10-13-16-19-22-25-27-28-29-30-31-32-33-34-35-38-40-43-46-49-52-55-61(64)67-58-59(57-66-60(63)54-51-48-45-42-39-36-24-21-18-15-12-9-6-3)68-62(65)56-53-50-47-44-41-37-26-23-20-17-14-11-8-5-2/h9,12,18,21-23,25-26,28-29,36,39,45,48,59H,4-8,10-11,13-17,19-20,24,27,30-35,37-38,40-44,46-47,49-58H2,1-3H3/b12-9-,21-18-,25-22-,26-23-,29-28-,39-36-,48-45-. The predicted molar refractivity (Wildman–Crippen MR) is 293 cm³/mol. The first kappa shape index (κ1) is 64.6. The summed E-state index contributed by atoms with van der Waals surface area (Å²) in [5, 5.41) is 0. The molecule has 0 bridgehead atoms. The first-order valence-electron chi connectivity index (χ1n) is 28.6. The van der Waals surface area contributed by atoms with Crippen LogP contribution in [0.2, 0.25) is 0 Å². The van der Waals surface area contributed by atoms with Crippen LogP contribution in [0.5, 0.6) is 0 Å². The van der Waals surface area contributed by atoms with E-state index in [0.717, 1.165) is 83.5 Å². The van der Waals surface area contributed by atoms with Gasteiger partial charge in [-0.1, -0.05) is 234 Å². The molecule has 6 nitrogen and oxygen atoms in total. The van der Waals surface area contributed by atoms with Gasteiger partial charge in [0.15, 0.2) is 6.10 Å². The number of carbonyl (C=O) groups excluding carboxylic acids is 3. The third kappa shape index (κ3) is 53.5. The van der Waals surface area contributed by atoms with Crippen LogP contribution in [0.15, 0.2) is 85.1 Å². The molecule has 0 heterocycles. The number of rotatable bonds is 51. The second kappa shape index (κ2) is 56.2. The summed E-state index contributed by atoms with van der Waals surface area (Å²) in [7, 11) is 0. The van der Waals surface area contributed by atoms with Crippen LogP contribution in [0.25, 0.3) is 0 Å². The molecule has 0 saturated heterocycles. The molecule has 0 radical (unpaired) electrons. The average molecular weight is 948 g/mol. The number of unbranched alkanes of at least 4 members (excludes halogenated alkanes) is 26. The Morgan fingerprint density at radius 1 is 0.309 bits per heavy atom. The summed E-state index contributed by atoms with van der Waals surface area (Å²) in [5.74, 6) is -0.994. The molecule has 1 atom stereocenters. The molecule has 6 heteroatoms. The molecule has 0 aliphatic carbocycles. The fraction of sp³-hybridized carbons (Fsp3) is 0.726. The number of carbonyl (C=O) groups is 3. The molecule has 0 spiro atoms. The van der Waals surface area contributed by atoms with E-state index in [1.165, 1.54) is 141 Å². The molecule has 0 aromatic carbocycles. The molecular formula is C62H106O6. The highest BCUT2D eigenvalue weighted by molar-refractivity contribution is 5.71. The zero-order valence-corrected chi connectivity index (χ0v) is 44.6. The van der Waals surface area contributed by atoms with Crippen molar-refractivity contribution in [3.05, 3.63) is 85.1 Å². The van der Waals surface area contributed by atoms with Crippen LogP contribution in [0.1, 0.15) is 271 Å². The van der Waals surface area contributed by atoms with Crippen molar-refractivity contribution < 1.29 is 28.6 Å². The Kier molecular flexibility index (Phi) is 53.4. The highest BCUT2D eigenvalue weighted by Crippen LogP contribution is 2.15. The quantitative estimate of drug-likeness (QED) is 0.0262. The molecule has 68 heavy (non-hydrogen) atoms. The van der Waals surface area contributed by atoms with Crippen LogP contribution in [0, 0.1) is 0 Å². The van der Waals surface area contributed by atoms with E-state index in [9.17, 15) is 14.4 Å². The molecular weight excluding hydrogens is 841 g/mol. The molecule has 0 fully saturated rings. The van der Waals surface area contributed by atoms with E-state index in [-0.39, 0.29) is 37.5 Å². The summed E-state index contributed by atoms with van der Waals surface area (Å²) in [6.45, 7) is 6.44. The SMILES string of the molecule is CC/C=C\C/C=C\C/C=C\C/C=C\CCC(=O)OCC(COC(=O)CCCCCCCCCCCCC/C=C\C/C=C\CCCCCCC)OC(=O)CCCCCCC/C=C\CCCCCCC. The molecule has 0 aliphatic rings. The van der Waals surface area contributed by atoms with Crippen LogP contribution in [0.4, 0.5) is 0 Å². The monoisotopic (exact) mass is 947 g/mol. The molecule has 0 aromatic heterocycles. The number of hydrogen-bond acceptors (Lipinski definition) is 6.